The quantitative estimate of drug-likeness (QED) is 0.902. The summed E-state index contributed by atoms with van der Waals surface area (Å²) in [5.74, 6) is 0.316. The van der Waals surface area contributed by atoms with Crippen LogP contribution in [0, 0.1) is 0 Å². The van der Waals surface area contributed by atoms with Crippen molar-refractivity contribution < 1.29 is 14.1 Å². The third-order valence-corrected chi connectivity index (χ3v) is 3.39. The first kappa shape index (κ1) is 13.4. The van der Waals surface area contributed by atoms with E-state index < -0.39 is 0 Å². The Labute approximate surface area is 121 Å². The molecule has 3 rings (SSSR count). The SMILES string of the molecule is O=C1CCN(C(=O)c2cc(-c3ccccc3)on2)CCN1. The highest BCUT2D eigenvalue weighted by atomic mass is 16.5. The van der Waals surface area contributed by atoms with E-state index in [1.165, 1.54) is 0 Å². The maximum absolute atomic E-state index is 12.4. The second kappa shape index (κ2) is 5.78. The van der Waals surface area contributed by atoms with Crippen molar-refractivity contribution in [3.05, 3.63) is 42.1 Å². The molecule has 6 nitrogen and oxygen atoms in total. The Hall–Kier alpha value is -2.63. The van der Waals surface area contributed by atoms with Gasteiger partial charge < -0.3 is 14.7 Å². The average Bonchev–Trinajstić information content (AvgIpc) is 2.91. The number of hydrogen-bond donors (Lipinski definition) is 1. The van der Waals surface area contributed by atoms with Crippen LogP contribution >= 0.6 is 0 Å². The van der Waals surface area contributed by atoms with Gasteiger partial charge in [-0.15, -0.1) is 0 Å². The first-order valence-corrected chi connectivity index (χ1v) is 6.82. The molecule has 108 valence electrons. The first-order valence-electron chi connectivity index (χ1n) is 6.82. The van der Waals surface area contributed by atoms with Gasteiger partial charge in [-0.2, -0.15) is 0 Å². The van der Waals surface area contributed by atoms with E-state index in [0.717, 1.165) is 5.56 Å². The highest BCUT2D eigenvalue weighted by Crippen LogP contribution is 2.20. The molecular formula is C15H15N3O3. The predicted octanol–water partition coefficient (Wildman–Crippen LogP) is 1.30. The van der Waals surface area contributed by atoms with Crippen LogP contribution in [-0.4, -0.2) is 41.5 Å². The molecule has 1 aliphatic rings. The van der Waals surface area contributed by atoms with Gasteiger partial charge in [-0.1, -0.05) is 35.5 Å². The van der Waals surface area contributed by atoms with Gasteiger partial charge in [0.05, 0.1) is 0 Å². The molecule has 0 unspecified atom stereocenters. The van der Waals surface area contributed by atoms with E-state index in [4.69, 9.17) is 4.52 Å². The van der Waals surface area contributed by atoms with Crippen LogP contribution in [0.2, 0.25) is 0 Å². The summed E-state index contributed by atoms with van der Waals surface area (Å²) in [5, 5.41) is 6.58. The lowest BCUT2D eigenvalue weighted by atomic mass is 10.1. The van der Waals surface area contributed by atoms with Gasteiger partial charge in [0.15, 0.2) is 11.5 Å². The van der Waals surface area contributed by atoms with Crippen LogP contribution in [0.25, 0.3) is 11.3 Å². The molecular weight excluding hydrogens is 270 g/mol. The van der Waals surface area contributed by atoms with Gasteiger partial charge in [0, 0.05) is 37.7 Å². The van der Waals surface area contributed by atoms with Gasteiger partial charge in [-0.25, -0.2) is 0 Å². The zero-order valence-electron chi connectivity index (χ0n) is 11.4. The van der Waals surface area contributed by atoms with E-state index in [1.54, 1.807) is 11.0 Å². The fourth-order valence-corrected chi connectivity index (χ4v) is 2.25. The monoisotopic (exact) mass is 285 g/mol. The van der Waals surface area contributed by atoms with E-state index in [0.29, 0.717) is 31.8 Å². The molecule has 6 heteroatoms. The topological polar surface area (TPSA) is 75.4 Å². The highest BCUT2D eigenvalue weighted by Gasteiger charge is 2.22. The third-order valence-electron chi connectivity index (χ3n) is 3.39. The molecule has 1 aromatic heterocycles. The summed E-state index contributed by atoms with van der Waals surface area (Å²) in [6.45, 7) is 1.35. The lowest BCUT2D eigenvalue weighted by Gasteiger charge is -2.17. The van der Waals surface area contributed by atoms with Crippen molar-refractivity contribution in [2.24, 2.45) is 0 Å². The summed E-state index contributed by atoms with van der Waals surface area (Å²) in [6.07, 6.45) is 0.315. The van der Waals surface area contributed by atoms with Crippen LogP contribution in [0.3, 0.4) is 0 Å². The van der Waals surface area contributed by atoms with Crippen molar-refractivity contribution in [1.29, 1.82) is 0 Å². The van der Waals surface area contributed by atoms with Gasteiger partial charge in [-0.05, 0) is 0 Å². The molecule has 0 radical (unpaired) electrons. The number of rotatable bonds is 2. The Morgan fingerprint density at radius 3 is 2.86 bits per heavy atom. The molecule has 1 N–H and O–H groups in total. The summed E-state index contributed by atoms with van der Waals surface area (Å²) in [6, 6.07) is 11.1. The number of benzene rings is 1. The van der Waals surface area contributed by atoms with E-state index >= 15 is 0 Å². The molecule has 2 amide bonds. The molecule has 2 aromatic rings. The maximum atomic E-state index is 12.4. The number of nitrogens with zero attached hydrogens (tertiary/aromatic N) is 2. The number of nitrogens with one attached hydrogen (secondary N) is 1. The Kier molecular flexibility index (Phi) is 3.68. The minimum atomic E-state index is -0.211. The van der Waals surface area contributed by atoms with Crippen molar-refractivity contribution in [1.82, 2.24) is 15.4 Å². The Morgan fingerprint density at radius 2 is 2.05 bits per heavy atom. The molecule has 0 aliphatic carbocycles. The van der Waals surface area contributed by atoms with Crippen molar-refractivity contribution in [2.45, 2.75) is 6.42 Å². The fraction of sp³-hybridized carbons (Fsp3) is 0.267. The van der Waals surface area contributed by atoms with Crippen LogP contribution in [0.5, 0.6) is 0 Å². The standard InChI is InChI=1S/C15H15N3O3/c19-14-6-8-18(9-7-16-14)15(20)12-10-13(21-17-12)11-4-2-1-3-5-11/h1-5,10H,6-9H2,(H,16,19). The van der Waals surface area contributed by atoms with Crippen molar-refractivity contribution in [3.63, 3.8) is 0 Å². The largest absolute Gasteiger partial charge is 0.355 e. The molecule has 1 saturated heterocycles. The van der Waals surface area contributed by atoms with Gasteiger partial charge in [-0.3, -0.25) is 9.59 Å². The van der Waals surface area contributed by atoms with Crippen LogP contribution in [-0.2, 0) is 4.79 Å². The van der Waals surface area contributed by atoms with Crippen molar-refractivity contribution in [2.75, 3.05) is 19.6 Å². The maximum Gasteiger partial charge on any atom is 0.276 e. The Bertz CT molecular complexity index is 651. The molecule has 21 heavy (non-hydrogen) atoms. The zero-order chi connectivity index (χ0) is 14.7. The van der Waals surface area contributed by atoms with Crippen LogP contribution in [0.4, 0.5) is 0 Å². The fourth-order valence-electron chi connectivity index (χ4n) is 2.25. The van der Waals surface area contributed by atoms with Gasteiger partial charge in [0.2, 0.25) is 5.91 Å². The van der Waals surface area contributed by atoms with E-state index in [1.807, 2.05) is 30.3 Å². The number of hydrogen-bond acceptors (Lipinski definition) is 4. The summed E-state index contributed by atoms with van der Waals surface area (Å²) in [5.41, 5.74) is 1.14. The van der Waals surface area contributed by atoms with Gasteiger partial charge in [0.25, 0.3) is 5.91 Å². The molecule has 0 bridgehead atoms. The summed E-state index contributed by atoms with van der Waals surface area (Å²) in [4.78, 5) is 25.3. The van der Waals surface area contributed by atoms with Crippen LogP contribution < -0.4 is 5.32 Å². The number of amides is 2. The van der Waals surface area contributed by atoms with E-state index in [9.17, 15) is 9.59 Å². The molecule has 1 fully saturated rings. The molecule has 2 heterocycles. The van der Waals surface area contributed by atoms with Gasteiger partial charge >= 0.3 is 0 Å². The van der Waals surface area contributed by atoms with Crippen molar-refractivity contribution in [3.8, 4) is 11.3 Å². The second-order valence-corrected chi connectivity index (χ2v) is 4.83. The molecule has 0 spiro atoms. The summed E-state index contributed by atoms with van der Waals surface area (Å²) < 4.78 is 5.23. The molecule has 0 atom stereocenters. The van der Waals surface area contributed by atoms with Crippen molar-refractivity contribution >= 4 is 11.8 Å². The molecule has 1 aromatic carbocycles. The lowest BCUT2D eigenvalue weighted by Crippen LogP contribution is -2.34. The average molecular weight is 285 g/mol. The smallest absolute Gasteiger partial charge is 0.276 e. The minimum Gasteiger partial charge on any atom is -0.355 e. The molecule has 1 aliphatic heterocycles. The second-order valence-electron chi connectivity index (χ2n) is 4.83. The van der Waals surface area contributed by atoms with E-state index in [-0.39, 0.29) is 17.5 Å². The van der Waals surface area contributed by atoms with Crippen LogP contribution in [0.1, 0.15) is 16.9 Å². The summed E-state index contributed by atoms with van der Waals surface area (Å²) in [7, 11) is 0. The zero-order valence-corrected chi connectivity index (χ0v) is 11.4. The highest BCUT2D eigenvalue weighted by molar-refractivity contribution is 5.93. The third kappa shape index (κ3) is 2.94. The number of carbonyl (C=O) groups is 2. The Morgan fingerprint density at radius 1 is 1.24 bits per heavy atom. The Balaban J connectivity index is 1.76. The number of carbonyl (C=O) groups excluding carboxylic acids is 2. The minimum absolute atomic E-state index is 0.0320. The molecule has 0 saturated carbocycles. The van der Waals surface area contributed by atoms with Gasteiger partial charge in [0.1, 0.15) is 0 Å². The summed E-state index contributed by atoms with van der Waals surface area (Å²) >= 11 is 0. The lowest BCUT2D eigenvalue weighted by molar-refractivity contribution is -0.120. The normalized spacial score (nSPS) is 15.4. The number of aromatic nitrogens is 1. The predicted molar refractivity (Wildman–Crippen MR) is 75.5 cm³/mol. The van der Waals surface area contributed by atoms with Crippen LogP contribution in [0.15, 0.2) is 40.9 Å². The first-order chi connectivity index (χ1) is 10.2. The van der Waals surface area contributed by atoms with E-state index in [2.05, 4.69) is 10.5 Å².